The number of hydrogen-bond acceptors (Lipinski definition) is 3. The highest BCUT2D eigenvalue weighted by Gasteiger charge is 2.08. The highest BCUT2D eigenvalue weighted by molar-refractivity contribution is 7.98. The summed E-state index contributed by atoms with van der Waals surface area (Å²) in [4.78, 5) is 3.98. The van der Waals surface area contributed by atoms with Crippen LogP contribution in [-0.4, -0.2) is 30.1 Å². The van der Waals surface area contributed by atoms with Gasteiger partial charge in [0.1, 0.15) is 0 Å². The molecule has 0 aliphatic heterocycles. The molecular formula is C11H17ClN2S. The topological polar surface area (TPSA) is 24.9 Å². The molecule has 1 N–H and O–H groups in total. The summed E-state index contributed by atoms with van der Waals surface area (Å²) in [6.07, 6.45) is 7.77. The van der Waals surface area contributed by atoms with E-state index < -0.39 is 0 Å². The summed E-state index contributed by atoms with van der Waals surface area (Å²) in [5, 5.41) is 4.09. The van der Waals surface area contributed by atoms with E-state index in [-0.39, 0.29) is 0 Å². The molecule has 0 aliphatic carbocycles. The van der Waals surface area contributed by atoms with Crippen LogP contribution in [0.4, 0.5) is 0 Å². The molecule has 0 saturated carbocycles. The molecule has 1 unspecified atom stereocenters. The van der Waals surface area contributed by atoms with E-state index in [9.17, 15) is 0 Å². The summed E-state index contributed by atoms with van der Waals surface area (Å²) >= 11 is 7.94. The van der Waals surface area contributed by atoms with Gasteiger partial charge >= 0.3 is 0 Å². The lowest BCUT2D eigenvalue weighted by atomic mass is 10.1. The number of aromatic nitrogens is 1. The van der Waals surface area contributed by atoms with Gasteiger partial charge in [-0.3, -0.25) is 4.98 Å². The lowest BCUT2D eigenvalue weighted by molar-refractivity contribution is 0.547. The number of thioether (sulfide) groups is 1. The number of likely N-dealkylation sites (N-methyl/N-ethyl adjacent to an activating group) is 1. The van der Waals surface area contributed by atoms with E-state index in [2.05, 4.69) is 16.6 Å². The van der Waals surface area contributed by atoms with Gasteiger partial charge < -0.3 is 5.32 Å². The standard InChI is InChI=1S/C11H17ClN2S/c1-13-10(4-6-15-2)7-9-3-5-14-8-11(9)12/h3,5,8,10,13H,4,6-7H2,1-2H3. The van der Waals surface area contributed by atoms with Crippen molar-refractivity contribution in [1.29, 1.82) is 0 Å². The first-order valence-electron chi connectivity index (χ1n) is 5.02. The molecule has 1 rings (SSSR count). The Hall–Kier alpha value is -0.250. The van der Waals surface area contributed by atoms with E-state index >= 15 is 0 Å². The number of nitrogens with one attached hydrogen (secondary N) is 1. The summed E-state index contributed by atoms with van der Waals surface area (Å²) < 4.78 is 0. The van der Waals surface area contributed by atoms with Crippen LogP contribution in [0.15, 0.2) is 18.5 Å². The lowest BCUT2D eigenvalue weighted by Gasteiger charge is -2.16. The summed E-state index contributed by atoms with van der Waals surface area (Å²) in [6, 6.07) is 2.49. The smallest absolute Gasteiger partial charge is 0.0621 e. The molecule has 0 aliphatic rings. The Balaban J connectivity index is 2.54. The minimum absolute atomic E-state index is 0.498. The van der Waals surface area contributed by atoms with Crippen LogP contribution in [0.2, 0.25) is 5.02 Å². The average Bonchev–Trinajstić information content (AvgIpc) is 2.26. The second-order valence-electron chi connectivity index (χ2n) is 3.44. The van der Waals surface area contributed by atoms with Gasteiger partial charge in [0.2, 0.25) is 0 Å². The third-order valence-electron chi connectivity index (χ3n) is 2.40. The van der Waals surface area contributed by atoms with Gasteiger partial charge in [-0.05, 0) is 43.5 Å². The van der Waals surface area contributed by atoms with Crippen molar-refractivity contribution in [3.8, 4) is 0 Å². The molecule has 0 fully saturated rings. The number of halogens is 1. The zero-order valence-electron chi connectivity index (χ0n) is 9.16. The first kappa shape index (κ1) is 12.8. The van der Waals surface area contributed by atoms with Crippen molar-refractivity contribution in [3.63, 3.8) is 0 Å². The van der Waals surface area contributed by atoms with E-state index in [0.717, 1.165) is 17.9 Å². The van der Waals surface area contributed by atoms with Crippen LogP contribution in [0.1, 0.15) is 12.0 Å². The van der Waals surface area contributed by atoms with Crippen molar-refractivity contribution in [1.82, 2.24) is 10.3 Å². The van der Waals surface area contributed by atoms with Gasteiger partial charge in [-0.25, -0.2) is 0 Å². The fraction of sp³-hybridized carbons (Fsp3) is 0.545. The van der Waals surface area contributed by atoms with Crippen LogP contribution < -0.4 is 5.32 Å². The van der Waals surface area contributed by atoms with Gasteiger partial charge in [0.05, 0.1) is 5.02 Å². The van der Waals surface area contributed by atoms with Gasteiger partial charge in [-0.15, -0.1) is 0 Å². The van der Waals surface area contributed by atoms with Crippen LogP contribution in [0, 0.1) is 0 Å². The minimum Gasteiger partial charge on any atom is -0.317 e. The molecule has 1 aromatic rings. The Morgan fingerprint density at radius 2 is 2.40 bits per heavy atom. The molecular weight excluding hydrogens is 228 g/mol. The normalized spacial score (nSPS) is 12.7. The summed E-state index contributed by atoms with van der Waals surface area (Å²) in [5.41, 5.74) is 1.17. The summed E-state index contributed by atoms with van der Waals surface area (Å²) in [7, 11) is 2.00. The molecule has 0 amide bonds. The maximum absolute atomic E-state index is 6.06. The summed E-state index contributed by atoms with van der Waals surface area (Å²) in [5.74, 6) is 1.17. The van der Waals surface area contributed by atoms with Crippen molar-refractivity contribution in [2.75, 3.05) is 19.1 Å². The van der Waals surface area contributed by atoms with Crippen molar-refractivity contribution < 1.29 is 0 Å². The van der Waals surface area contributed by atoms with Crippen LogP contribution in [-0.2, 0) is 6.42 Å². The van der Waals surface area contributed by atoms with Gasteiger partial charge in [0.15, 0.2) is 0 Å². The number of nitrogens with zero attached hydrogens (tertiary/aromatic N) is 1. The molecule has 0 bridgehead atoms. The SMILES string of the molecule is CNC(CCSC)Cc1ccncc1Cl. The Morgan fingerprint density at radius 3 is 3.00 bits per heavy atom. The molecule has 1 atom stereocenters. The minimum atomic E-state index is 0.498. The average molecular weight is 245 g/mol. The Morgan fingerprint density at radius 1 is 1.60 bits per heavy atom. The molecule has 0 saturated heterocycles. The van der Waals surface area contributed by atoms with Crippen molar-refractivity contribution >= 4 is 23.4 Å². The second-order valence-corrected chi connectivity index (χ2v) is 4.83. The van der Waals surface area contributed by atoms with E-state index in [1.54, 1.807) is 12.4 Å². The van der Waals surface area contributed by atoms with E-state index in [0.29, 0.717) is 6.04 Å². The largest absolute Gasteiger partial charge is 0.317 e. The Bertz CT molecular complexity index is 294. The van der Waals surface area contributed by atoms with Crippen LogP contribution in [0.3, 0.4) is 0 Å². The fourth-order valence-corrected chi connectivity index (χ4v) is 2.16. The maximum Gasteiger partial charge on any atom is 0.0621 e. The second kappa shape index (κ2) is 7.09. The van der Waals surface area contributed by atoms with E-state index in [1.165, 1.54) is 11.3 Å². The molecule has 0 radical (unpaired) electrons. The number of rotatable bonds is 6. The molecule has 4 heteroatoms. The zero-order chi connectivity index (χ0) is 11.1. The third kappa shape index (κ3) is 4.41. The van der Waals surface area contributed by atoms with Gasteiger partial charge in [-0.1, -0.05) is 11.6 Å². The Labute approximate surface area is 101 Å². The number of pyridine rings is 1. The van der Waals surface area contributed by atoms with E-state index in [1.807, 2.05) is 24.9 Å². The third-order valence-corrected chi connectivity index (χ3v) is 3.39. The van der Waals surface area contributed by atoms with Crippen molar-refractivity contribution in [2.24, 2.45) is 0 Å². The predicted octanol–water partition coefficient (Wildman–Crippen LogP) is 2.62. The first-order valence-corrected chi connectivity index (χ1v) is 6.79. The quantitative estimate of drug-likeness (QED) is 0.833. The fourth-order valence-electron chi connectivity index (χ4n) is 1.44. The van der Waals surface area contributed by atoms with Crippen LogP contribution >= 0.6 is 23.4 Å². The van der Waals surface area contributed by atoms with Gasteiger partial charge in [0, 0.05) is 18.4 Å². The molecule has 2 nitrogen and oxygen atoms in total. The van der Waals surface area contributed by atoms with Gasteiger partial charge in [-0.2, -0.15) is 11.8 Å². The highest BCUT2D eigenvalue weighted by atomic mass is 35.5. The van der Waals surface area contributed by atoms with E-state index in [4.69, 9.17) is 11.6 Å². The highest BCUT2D eigenvalue weighted by Crippen LogP contribution is 2.16. The molecule has 0 spiro atoms. The van der Waals surface area contributed by atoms with Gasteiger partial charge in [0.25, 0.3) is 0 Å². The molecule has 15 heavy (non-hydrogen) atoms. The maximum atomic E-state index is 6.06. The lowest BCUT2D eigenvalue weighted by Crippen LogP contribution is -2.28. The number of hydrogen-bond donors (Lipinski definition) is 1. The first-order chi connectivity index (χ1) is 7.27. The van der Waals surface area contributed by atoms with Crippen LogP contribution in [0.25, 0.3) is 0 Å². The molecule has 84 valence electrons. The Kier molecular flexibility index (Phi) is 6.06. The summed E-state index contributed by atoms with van der Waals surface area (Å²) in [6.45, 7) is 0. The zero-order valence-corrected chi connectivity index (χ0v) is 10.7. The molecule has 1 heterocycles. The molecule has 1 aromatic heterocycles. The monoisotopic (exact) mass is 244 g/mol. The van der Waals surface area contributed by atoms with Crippen LogP contribution in [0.5, 0.6) is 0 Å². The predicted molar refractivity (Wildman–Crippen MR) is 68.8 cm³/mol. The van der Waals surface area contributed by atoms with Crippen molar-refractivity contribution in [3.05, 3.63) is 29.0 Å². The van der Waals surface area contributed by atoms with Crippen molar-refractivity contribution in [2.45, 2.75) is 18.9 Å². The molecule has 0 aromatic carbocycles.